The van der Waals surface area contributed by atoms with Gasteiger partial charge in [-0.3, -0.25) is 0 Å². The van der Waals surface area contributed by atoms with Crippen LogP contribution in [-0.2, 0) is 4.74 Å². The SMILES string of the molecule is CCCC(O)c1ccc(/C=C/c2ccc(-c3ccc(C4CO4)c(F)c3)cc2)c(F)c1F. The Morgan fingerprint density at radius 3 is 2.32 bits per heavy atom. The minimum Gasteiger partial charge on any atom is -0.388 e. The van der Waals surface area contributed by atoms with Crippen molar-refractivity contribution < 1.29 is 23.0 Å². The normalized spacial score (nSPS) is 16.6. The highest BCUT2D eigenvalue weighted by atomic mass is 19.2. The molecule has 3 aromatic carbocycles. The van der Waals surface area contributed by atoms with Crippen LogP contribution in [0.3, 0.4) is 0 Å². The number of epoxide rings is 1. The van der Waals surface area contributed by atoms with Crippen LogP contribution >= 0.6 is 0 Å². The largest absolute Gasteiger partial charge is 0.388 e. The summed E-state index contributed by atoms with van der Waals surface area (Å²) in [6.07, 6.45) is 3.08. The van der Waals surface area contributed by atoms with E-state index in [0.717, 1.165) is 16.7 Å². The maximum Gasteiger partial charge on any atom is 0.166 e. The average Bonchev–Trinajstić information content (AvgIpc) is 3.60. The van der Waals surface area contributed by atoms with Crippen molar-refractivity contribution in [3.8, 4) is 11.1 Å². The van der Waals surface area contributed by atoms with Crippen molar-refractivity contribution in [2.75, 3.05) is 6.61 Å². The molecule has 0 amide bonds. The van der Waals surface area contributed by atoms with E-state index < -0.39 is 17.7 Å². The predicted molar refractivity (Wildman–Crippen MR) is 116 cm³/mol. The van der Waals surface area contributed by atoms with E-state index in [4.69, 9.17) is 4.74 Å². The van der Waals surface area contributed by atoms with Gasteiger partial charge < -0.3 is 9.84 Å². The summed E-state index contributed by atoms with van der Waals surface area (Å²) in [7, 11) is 0. The van der Waals surface area contributed by atoms with Gasteiger partial charge in [-0.2, -0.15) is 0 Å². The Bertz CT molecular complexity index is 1100. The predicted octanol–water partition coefficient (Wildman–Crippen LogP) is 6.85. The lowest BCUT2D eigenvalue weighted by Gasteiger charge is -2.12. The van der Waals surface area contributed by atoms with Gasteiger partial charge in [-0.25, -0.2) is 13.2 Å². The summed E-state index contributed by atoms with van der Waals surface area (Å²) in [5, 5.41) is 9.95. The van der Waals surface area contributed by atoms with Crippen molar-refractivity contribution in [1.29, 1.82) is 0 Å². The van der Waals surface area contributed by atoms with Crippen LogP contribution in [0.2, 0.25) is 0 Å². The number of benzene rings is 3. The van der Waals surface area contributed by atoms with E-state index in [-0.39, 0.29) is 23.0 Å². The molecular weight excluding hydrogens is 401 g/mol. The van der Waals surface area contributed by atoms with Crippen LogP contribution in [-0.4, -0.2) is 11.7 Å². The van der Waals surface area contributed by atoms with Crippen LogP contribution in [0.1, 0.15) is 54.2 Å². The summed E-state index contributed by atoms with van der Waals surface area (Å²) in [6, 6.07) is 15.3. The molecule has 0 aromatic heterocycles. The zero-order chi connectivity index (χ0) is 22.0. The maximum atomic E-state index is 14.4. The van der Waals surface area contributed by atoms with Gasteiger partial charge in [0.05, 0.1) is 12.7 Å². The first-order valence-electron chi connectivity index (χ1n) is 10.3. The summed E-state index contributed by atoms with van der Waals surface area (Å²) < 4.78 is 48.1. The molecule has 1 fully saturated rings. The fraction of sp³-hybridized carbons (Fsp3) is 0.231. The lowest BCUT2D eigenvalue weighted by molar-refractivity contribution is 0.160. The van der Waals surface area contributed by atoms with E-state index in [1.165, 1.54) is 24.3 Å². The van der Waals surface area contributed by atoms with E-state index >= 15 is 0 Å². The first-order chi connectivity index (χ1) is 15.0. The van der Waals surface area contributed by atoms with E-state index in [1.54, 1.807) is 12.1 Å². The van der Waals surface area contributed by atoms with Gasteiger partial charge in [-0.15, -0.1) is 0 Å². The highest BCUT2D eigenvalue weighted by molar-refractivity contribution is 5.72. The molecule has 160 valence electrons. The Morgan fingerprint density at radius 2 is 1.68 bits per heavy atom. The summed E-state index contributed by atoms with van der Waals surface area (Å²) in [4.78, 5) is 0. The maximum absolute atomic E-state index is 14.4. The molecule has 3 aromatic rings. The average molecular weight is 424 g/mol. The Labute approximate surface area is 179 Å². The fourth-order valence-corrected chi connectivity index (χ4v) is 3.56. The standard InChI is InChI=1S/C26H23F3O2/c1-2-3-23(30)21-13-10-18(25(28)26(21)29)9-6-16-4-7-17(8-5-16)19-11-12-20(22(27)14-19)24-15-31-24/h4-14,23-24,30H,2-3,15H2,1H3/b9-6+. The van der Waals surface area contributed by atoms with E-state index in [9.17, 15) is 18.3 Å². The first kappa shape index (κ1) is 21.3. The molecule has 1 heterocycles. The summed E-state index contributed by atoms with van der Waals surface area (Å²) in [6.45, 7) is 2.43. The number of halogens is 3. The molecule has 1 N–H and O–H groups in total. The molecule has 31 heavy (non-hydrogen) atoms. The van der Waals surface area contributed by atoms with Gasteiger partial charge in [0.25, 0.3) is 0 Å². The van der Waals surface area contributed by atoms with Crippen LogP contribution in [0.5, 0.6) is 0 Å². The third-order valence-electron chi connectivity index (χ3n) is 5.44. The van der Waals surface area contributed by atoms with Gasteiger partial charge in [0.2, 0.25) is 0 Å². The topological polar surface area (TPSA) is 32.8 Å². The highest BCUT2D eigenvalue weighted by Gasteiger charge is 2.27. The zero-order valence-corrected chi connectivity index (χ0v) is 17.1. The number of rotatable bonds is 7. The van der Waals surface area contributed by atoms with Gasteiger partial charge in [-0.1, -0.05) is 74.0 Å². The molecule has 1 aliphatic rings. The Kier molecular flexibility index (Phi) is 6.25. The molecule has 1 saturated heterocycles. The second-order valence-electron chi connectivity index (χ2n) is 7.69. The van der Waals surface area contributed by atoms with Crippen molar-refractivity contribution in [3.63, 3.8) is 0 Å². The lowest BCUT2D eigenvalue weighted by Crippen LogP contribution is -2.03. The van der Waals surface area contributed by atoms with E-state index in [0.29, 0.717) is 25.0 Å². The molecule has 0 radical (unpaired) electrons. The van der Waals surface area contributed by atoms with Gasteiger partial charge in [-0.05, 0) is 29.2 Å². The van der Waals surface area contributed by atoms with Crippen LogP contribution < -0.4 is 0 Å². The molecule has 2 unspecified atom stereocenters. The minimum absolute atomic E-state index is 0.0210. The van der Waals surface area contributed by atoms with Crippen LogP contribution in [0.15, 0.2) is 54.6 Å². The number of aliphatic hydroxyl groups is 1. The summed E-state index contributed by atoms with van der Waals surface area (Å²) >= 11 is 0. The Hall–Kier alpha value is -2.89. The fourth-order valence-electron chi connectivity index (χ4n) is 3.56. The minimum atomic E-state index is -1.01. The van der Waals surface area contributed by atoms with Gasteiger partial charge in [0.15, 0.2) is 11.6 Å². The van der Waals surface area contributed by atoms with Crippen molar-refractivity contribution in [3.05, 3.63) is 94.3 Å². The summed E-state index contributed by atoms with van der Waals surface area (Å²) in [5.41, 5.74) is 3.06. The monoisotopic (exact) mass is 424 g/mol. The Balaban J connectivity index is 1.50. The first-order valence-corrected chi connectivity index (χ1v) is 10.3. The molecule has 1 aliphatic heterocycles. The van der Waals surface area contributed by atoms with Gasteiger partial charge in [0.1, 0.15) is 11.9 Å². The van der Waals surface area contributed by atoms with E-state index in [2.05, 4.69) is 0 Å². The highest BCUT2D eigenvalue weighted by Crippen LogP contribution is 2.33. The molecule has 5 heteroatoms. The van der Waals surface area contributed by atoms with Gasteiger partial charge in [0, 0.05) is 16.7 Å². The second-order valence-corrected chi connectivity index (χ2v) is 7.69. The van der Waals surface area contributed by atoms with Crippen LogP contribution in [0.4, 0.5) is 13.2 Å². The Morgan fingerprint density at radius 1 is 0.968 bits per heavy atom. The summed E-state index contributed by atoms with van der Waals surface area (Å²) in [5.74, 6) is -2.27. The molecule has 2 nitrogen and oxygen atoms in total. The number of hydrogen-bond acceptors (Lipinski definition) is 2. The van der Waals surface area contributed by atoms with Gasteiger partial charge >= 0.3 is 0 Å². The number of aliphatic hydroxyl groups excluding tert-OH is 1. The lowest BCUT2D eigenvalue weighted by atomic mass is 10.00. The molecule has 4 rings (SSSR count). The molecule has 0 saturated carbocycles. The number of hydrogen-bond donors (Lipinski definition) is 1. The third kappa shape index (κ3) is 4.73. The molecule has 0 aliphatic carbocycles. The third-order valence-corrected chi connectivity index (χ3v) is 5.44. The molecule has 2 atom stereocenters. The van der Waals surface area contributed by atoms with Crippen molar-refractivity contribution >= 4 is 12.2 Å². The van der Waals surface area contributed by atoms with E-state index in [1.807, 2.05) is 37.3 Å². The second kappa shape index (κ2) is 9.08. The molecular formula is C26H23F3O2. The van der Waals surface area contributed by atoms with Crippen molar-refractivity contribution in [2.45, 2.75) is 32.0 Å². The van der Waals surface area contributed by atoms with Crippen molar-refractivity contribution in [1.82, 2.24) is 0 Å². The quantitative estimate of drug-likeness (QED) is 0.332. The number of ether oxygens (including phenoxy) is 1. The van der Waals surface area contributed by atoms with Crippen LogP contribution in [0.25, 0.3) is 23.3 Å². The molecule has 0 spiro atoms. The van der Waals surface area contributed by atoms with Crippen molar-refractivity contribution in [2.24, 2.45) is 0 Å². The zero-order valence-electron chi connectivity index (χ0n) is 17.1. The molecule has 0 bridgehead atoms. The smallest absolute Gasteiger partial charge is 0.166 e. The van der Waals surface area contributed by atoms with Crippen LogP contribution in [0, 0.1) is 17.5 Å².